The minimum absolute atomic E-state index is 0.378. The number of hydrogen-bond acceptors (Lipinski definition) is 4. The van der Waals surface area contributed by atoms with E-state index >= 15 is 0 Å². The third-order valence-corrected chi connectivity index (χ3v) is 3.45. The Morgan fingerprint density at radius 1 is 1.37 bits per heavy atom. The van der Waals surface area contributed by atoms with Gasteiger partial charge < -0.3 is 15.0 Å². The first-order valence-corrected chi connectivity index (χ1v) is 7.85. The Hall–Kier alpha value is -0.160. The van der Waals surface area contributed by atoms with Crippen molar-refractivity contribution in [3.8, 4) is 0 Å². The van der Waals surface area contributed by atoms with E-state index in [0.29, 0.717) is 6.10 Å². The molecule has 0 radical (unpaired) electrons. The van der Waals surface area contributed by atoms with Gasteiger partial charge in [-0.15, -0.1) is 0 Å². The number of hydrogen-bond donors (Lipinski definition) is 1. The molecule has 1 aliphatic rings. The summed E-state index contributed by atoms with van der Waals surface area (Å²) in [6.07, 6.45) is 1.59. The Kier molecular flexibility index (Phi) is 8.62. The second kappa shape index (κ2) is 9.70. The lowest BCUT2D eigenvalue weighted by molar-refractivity contribution is -0.0408. The van der Waals surface area contributed by atoms with Crippen molar-refractivity contribution in [2.75, 3.05) is 59.5 Å². The van der Waals surface area contributed by atoms with Gasteiger partial charge in [0.2, 0.25) is 0 Å². The zero-order chi connectivity index (χ0) is 14.1. The van der Waals surface area contributed by atoms with Gasteiger partial charge in [-0.2, -0.15) is 0 Å². The van der Waals surface area contributed by atoms with Crippen molar-refractivity contribution in [1.29, 1.82) is 0 Å². The Bertz CT molecular complexity index is 223. The van der Waals surface area contributed by atoms with Crippen LogP contribution in [0.15, 0.2) is 0 Å². The molecule has 1 heterocycles. The fourth-order valence-corrected chi connectivity index (χ4v) is 2.68. The predicted molar refractivity (Wildman–Crippen MR) is 81.7 cm³/mol. The third-order valence-electron chi connectivity index (χ3n) is 3.45. The highest BCUT2D eigenvalue weighted by Gasteiger charge is 2.21. The third kappa shape index (κ3) is 7.88. The molecule has 19 heavy (non-hydrogen) atoms. The molecule has 1 aliphatic heterocycles. The molecule has 0 saturated carbocycles. The molecule has 0 aromatic heterocycles. The minimum atomic E-state index is 0.378. The Labute approximate surface area is 119 Å². The van der Waals surface area contributed by atoms with Gasteiger partial charge in [0.1, 0.15) is 0 Å². The van der Waals surface area contributed by atoms with Gasteiger partial charge in [-0.25, -0.2) is 0 Å². The van der Waals surface area contributed by atoms with Gasteiger partial charge in [-0.3, -0.25) is 4.90 Å². The van der Waals surface area contributed by atoms with E-state index in [9.17, 15) is 0 Å². The van der Waals surface area contributed by atoms with Crippen LogP contribution in [0.3, 0.4) is 0 Å². The number of nitrogens with one attached hydrogen (secondary N) is 1. The Balaban J connectivity index is 2.18. The number of likely N-dealkylation sites (N-methyl/N-ethyl adjacent to an activating group) is 1. The molecule has 0 aromatic rings. The van der Waals surface area contributed by atoms with Crippen molar-refractivity contribution in [2.24, 2.45) is 5.92 Å². The van der Waals surface area contributed by atoms with Crippen molar-refractivity contribution >= 4 is 0 Å². The van der Waals surface area contributed by atoms with Crippen LogP contribution < -0.4 is 5.32 Å². The number of morpholine rings is 1. The van der Waals surface area contributed by atoms with E-state index < -0.39 is 0 Å². The van der Waals surface area contributed by atoms with Gasteiger partial charge in [-0.05, 0) is 25.9 Å². The van der Waals surface area contributed by atoms with E-state index in [1.165, 1.54) is 6.42 Å². The predicted octanol–water partition coefficient (Wildman–Crippen LogP) is 1.27. The minimum Gasteiger partial charge on any atom is -0.374 e. The van der Waals surface area contributed by atoms with Gasteiger partial charge in [-0.1, -0.05) is 20.8 Å². The van der Waals surface area contributed by atoms with Crippen molar-refractivity contribution in [3.63, 3.8) is 0 Å². The summed E-state index contributed by atoms with van der Waals surface area (Å²) in [5.74, 6) is 0.725. The van der Waals surface area contributed by atoms with Gasteiger partial charge in [0.05, 0.1) is 12.7 Å². The van der Waals surface area contributed by atoms with Crippen molar-refractivity contribution in [3.05, 3.63) is 0 Å². The molecule has 1 atom stereocenters. The van der Waals surface area contributed by atoms with Gasteiger partial charge in [0.25, 0.3) is 0 Å². The molecule has 0 amide bonds. The van der Waals surface area contributed by atoms with Crippen LogP contribution in [-0.4, -0.2) is 75.4 Å². The molecule has 4 heteroatoms. The molecule has 0 bridgehead atoms. The molecule has 1 rings (SSSR count). The zero-order valence-corrected chi connectivity index (χ0v) is 13.3. The van der Waals surface area contributed by atoms with Crippen LogP contribution >= 0.6 is 0 Å². The summed E-state index contributed by atoms with van der Waals surface area (Å²) in [7, 11) is 2.20. The number of nitrogens with zero attached hydrogens (tertiary/aromatic N) is 2. The lowest BCUT2D eigenvalue weighted by atomic mass is 10.2. The van der Waals surface area contributed by atoms with E-state index in [2.05, 4.69) is 42.9 Å². The first-order valence-electron chi connectivity index (χ1n) is 7.85. The van der Waals surface area contributed by atoms with E-state index in [1.807, 2.05) is 0 Å². The second-order valence-corrected chi connectivity index (χ2v) is 6.16. The maximum absolute atomic E-state index is 5.88. The van der Waals surface area contributed by atoms with Crippen LogP contribution in [0.1, 0.15) is 27.2 Å². The summed E-state index contributed by atoms with van der Waals surface area (Å²) in [5, 5.41) is 3.47. The summed E-state index contributed by atoms with van der Waals surface area (Å²) >= 11 is 0. The normalized spacial score (nSPS) is 21.5. The highest BCUT2D eigenvalue weighted by Crippen LogP contribution is 2.07. The SMILES string of the molecule is CCCNCCN1CCO[C@@H](CN(C)CC(C)C)C1. The molecule has 0 spiro atoms. The standard InChI is InChI=1S/C15H33N3O/c1-5-6-16-7-8-18-9-10-19-15(13-18)12-17(4)11-14(2)3/h14-16H,5-13H2,1-4H3/t15-/m0/s1. The molecule has 114 valence electrons. The second-order valence-electron chi connectivity index (χ2n) is 6.16. The van der Waals surface area contributed by atoms with Crippen LogP contribution in [0.4, 0.5) is 0 Å². The molecular weight excluding hydrogens is 238 g/mol. The summed E-state index contributed by atoms with van der Waals surface area (Å²) < 4.78 is 5.88. The fraction of sp³-hybridized carbons (Fsp3) is 1.00. The van der Waals surface area contributed by atoms with Crippen LogP contribution in [0.5, 0.6) is 0 Å². The molecule has 1 fully saturated rings. The lowest BCUT2D eigenvalue weighted by Crippen LogP contribution is -2.48. The monoisotopic (exact) mass is 271 g/mol. The fourth-order valence-electron chi connectivity index (χ4n) is 2.68. The average molecular weight is 271 g/mol. The van der Waals surface area contributed by atoms with E-state index in [4.69, 9.17) is 4.74 Å². The lowest BCUT2D eigenvalue weighted by Gasteiger charge is -2.35. The molecule has 4 nitrogen and oxygen atoms in total. The van der Waals surface area contributed by atoms with Crippen molar-refractivity contribution in [2.45, 2.75) is 33.3 Å². The summed E-state index contributed by atoms with van der Waals surface area (Å²) in [5.41, 5.74) is 0. The van der Waals surface area contributed by atoms with Crippen molar-refractivity contribution < 1.29 is 4.74 Å². The largest absolute Gasteiger partial charge is 0.374 e. The number of ether oxygens (including phenoxy) is 1. The highest BCUT2D eigenvalue weighted by molar-refractivity contribution is 4.74. The average Bonchev–Trinajstić information content (AvgIpc) is 2.34. The summed E-state index contributed by atoms with van der Waals surface area (Å²) in [6, 6.07) is 0. The van der Waals surface area contributed by atoms with Gasteiger partial charge in [0.15, 0.2) is 0 Å². The van der Waals surface area contributed by atoms with Crippen LogP contribution in [0.2, 0.25) is 0 Å². The molecule has 1 N–H and O–H groups in total. The topological polar surface area (TPSA) is 27.7 Å². The Morgan fingerprint density at radius 2 is 2.16 bits per heavy atom. The van der Waals surface area contributed by atoms with Crippen LogP contribution in [0, 0.1) is 5.92 Å². The van der Waals surface area contributed by atoms with Crippen LogP contribution in [0.25, 0.3) is 0 Å². The maximum atomic E-state index is 5.88. The molecule has 1 saturated heterocycles. The molecule has 0 unspecified atom stereocenters. The smallest absolute Gasteiger partial charge is 0.0829 e. The number of rotatable bonds is 9. The summed E-state index contributed by atoms with van der Waals surface area (Å²) in [6.45, 7) is 15.4. The Morgan fingerprint density at radius 3 is 2.84 bits per heavy atom. The highest BCUT2D eigenvalue weighted by atomic mass is 16.5. The molecule has 0 aliphatic carbocycles. The zero-order valence-electron chi connectivity index (χ0n) is 13.3. The van der Waals surface area contributed by atoms with E-state index in [-0.39, 0.29) is 0 Å². The molecular formula is C15H33N3O. The van der Waals surface area contributed by atoms with Crippen molar-refractivity contribution in [1.82, 2.24) is 15.1 Å². The van der Waals surface area contributed by atoms with E-state index in [1.54, 1.807) is 0 Å². The van der Waals surface area contributed by atoms with E-state index in [0.717, 1.165) is 58.3 Å². The molecule has 0 aromatic carbocycles. The van der Waals surface area contributed by atoms with Gasteiger partial charge in [0, 0.05) is 39.3 Å². The summed E-state index contributed by atoms with van der Waals surface area (Å²) in [4.78, 5) is 4.92. The van der Waals surface area contributed by atoms with Crippen LogP contribution in [-0.2, 0) is 4.74 Å². The first-order chi connectivity index (χ1) is 9.11. The van der Waals surface area contributed by atoms with Gasteiger partial charge >= 0.3 is 0 Å². The maximum Gasteiger partial charge on any atom is 0.0829 e. The quantitative estimate of drug-likeness (QED) is 0.639. The first kappa shape index (κ1) is 16.9.